The molecular weight excluding hydrogens is 216 g/mol. The van der Waals surface area contributed by atoms with Gasteiger partial charge in [-0.25, -0.2) is 0 Å². The molecule has 0 aliphatic carbocycles. The fraction of sp³-hybridized carbons (Fsp3) is 0.923. The van der Waals surface area contributed by atoms with Crippen LogP contribution in [0, 0.1) is 0 Å². The molecule has 0 bridgehead atoms. The van der Waals surface area contributed by atoms with Gasteiger partial charge in [0, 0.05) is 6.54 Å². The van der Waals surface area contributed by atoms with Crippen LogP contribution in [0.25, 0.3) is 0 Å². The summed E-state index contributed by atoms with van der Waals surface area (Å²) in [4.78, 5) is 14.2. The van der Waals surface area contributed by atoms with E-state index in [1.165, 1.54) is 25.7 Å². The van der Waals surface area contributed by atoms with E-state index in [-0.39, 0.29) is 18.1 Å². The fourth-order valence-electron chi connectivity index (χ4n) is 2.20. The first-order valence-corrected chi connectivity index (χ1v) is 6.81. The minimum Gasteiger partial charge on any atom is -0.393 e. The summed E-state index contributed by atoms with van der Waals surface area (Å²) >= 11 is 0. The summed E-state index contributed by atoms with van der Waals surface area (Å²) in [5.41, 5.74) is 0. The Morgan fingerprint density at radius 3 is 2.35 bits per heavy atom. The van der Waals surface area contributed by atoms with Gasteiger partial charge in [0.25, 0.3) is 0 Å². The summed E-state index contributed by atoms with van der Waals surface area (Å²) in [6, 6.07) is -0.0397. The molecule has 2 N–H and O–H groups in total. The lowest BCUT2D eigenvalue weighted by molar-refractivity contribution is -0.125. The molecule has 1 heterocycles. The van der Waals surface area contributed by atoms with Gasteiger partial charge in [0.1, 0.15) is 0 Å². The Morgan fingerprint density at radius 1 is 1.24 bits per heavy atom. The van der Waals surface area contributed by atoms with Crippen LogP contribution in [0.15, 0.2) is 0 Å². The molecule has 17 heavy (non-hydrogen) atoms. The van der Waals surface area contributed by atoms with E-state index in [1.54, 1.807) is 6.92 Å². The van der Waals surface area contributed by atoms with Crippen molar-refractivity contribution in [2.45, 2.75) is 58.1 Å². The lowest BCUT2D eigenvalue weighted by atomic mass is 10.2. The van der Waals surface area contributed by atoms with E-state index < -0.39 is 0 Å². The number of hydrogen-bond acceptors (Lipinski definition) is 3. The summed E-state index contributed by atoms with van der Waals surface area (Å²) < 4.78 is 0. The van der Waals surface area contributed by atoms with Crippen LogP contribution in [0.1, 0.15) is 46.0 Å². The average Bonchev–Trinajstić information content (AvgIpc) is 2.55. The minimum atomic E-state index is -0.344. The molecule has 0 aromatic carbocycles. The van der Waals surface area contributed by atoms with Gasteiger partial charge in [-0.2, -0.15) is 0 Å². The third kappa shape index (κ3) is 5.50. The van der Waals surface area contributed by atoms with Crippen LogP contribution >= 0.6 is 0 Å². The van der Waals surface area contributed by atoms with Crippen molar-refractivity contribution in [3.8, 4) is 0 Å². The maximum absolute atomic E-state index is 11.9. The Kier molecular flexibility index (Phi) is 6.52. The molecule has 2 atom stereocenters. The maximum Gasteiger partial charge on any atom is 0.237 e. The predicted octanol–water partition coefficient (Wildman–Crippen LogP) is 1.14. The number of aliphatic hydroxyl groups is 1. The molecule has 0 radical (unpaired) electrons. The summed E-state index contributed by atoms with van der Waals surface area (Å²) in [6.07, 6.45) is 5.25. The number of nitrogens with one attached hydrogen (secondary N) is 1. The fourth-order valence-corrected chi connectivity index (χ4v) is 2.20. The molecule has 0 spiro atoms. The van der Waals surface area contributed by atoms with Crippen molar-refractivity contribution in [2.75, 3.05) is 19.6 Å². The zero-order chi connectivity index (χ0) is 12.7. The van der Waals surface area contributed by atoms with Crippen molar-refractivity contribution < 1.29 is 9.90 Å². The molecule has 1 aliphatic heterocycles. The zero-order valence-corrected chi connectivity index (χ0v) is 11.1. The Bertz CT molecular complexity index is 223. The molecule has 1 amide bonds. The predicted molar refractivity (Wildman–Crippen MR) is 68.8 cm³/mol. The molecular formula is C13H26N2O2. The van der Waals surface area contributed by atoms with Gasteiger partial charge >= 0.3 is 0 Å². The van der Waals surface area contributed by atoms with Crippen LogP contribution in [-0.2, 0) is 4.79 Å². The standard InChI is InChI=1S/C13H26N2O2/c1-11(16)7-8-14-13(17)12(2)15-9-5-3-4-6-10-15/h11-12,16H,3-10H2,1-2H3,(H,14,17). The van der Waals surface area contributed by atoms with E-state index >= 15 is 0 Å². The average molecular weight is 242 g/mol. The number of carbonyl (C=O) groups excluding carboxylic acids is 1. The maximum atomic E-state index is 11.9. The van der Waals surface area contributed by atoms with Gasteiger partial charge in [0.05, 0.1) is 12.1 Å². The third-order valence-electron chi connectivity index (χ3n) is 3.43. The number of nitrogens with zero attached hydrogens (tertiary/aromatic N) is 1. The smallest absolute Gasteiger partial charge is 0.237 e. The van der Waals surface area contributed by atoms with E-state index in [4.69, 9.17) is 5.11 Å². The lowest BCUT2D eigenvalue weighted by Crippen LogP contribution is -2.46. The van der Waals surface area contributed by atoms with Gasteiger partial charge in [-0.15, -0.1) is 0 Å². The summed E-state index contributed by atoms with van der Waals surface area (Å²) in [6.45, 7) is 6.35. The number of likely N-dealkylation sites (tertiary alicyclic amines) is 1. The zero-order valence-electron chi connectivity index (χ0n) is 11.1. The molecule has 100 valence electrons. The highest BCUT2D eigenvalue weighted by atomic mass is 16.3. The molecule has 0 saturated carbocycles. The lowest BCUT2D eigenvalue weighted by Gasteiger charge is -2.26. The normalized spacial score (nSPS) is 21.6. The third-order valence-corrected chi connectivity index (χ3v) is 3.43. The van der Waals surface area contributed by atoms with Crippen molar-refractivity contribution in [3.63, 3.8) is 0 Å². The monoisotopic (exact) mass is 242 g/mol. The molecule has 1 saturated heterocycles. The highest BCUT2D eigenvalue weighted by molar-refractivity contribution is 5.81. The SMILES string of the molecule is CC(O)CCNC(=O)C(C)N1CCCCCC1. The Balaban J connectivity index is 2.29. The molecule has 1 aliphatic rings. The Labute approximate surface area is 104 Å². The molecule has 0 aromatic rings. The summed E-state index contributed by atoms with van der Waals surface area (Å²) in [5.74, 6) is 0.0903. The van der Waals surface area contributed by atoms with Crippen LogP contribution < -0.4 is 5.32 Å². The van der Waals surface area contributed by atoms with Crippen LogP contribution in [-0.4, -0.2) is 47.7 Å². The number of carbonyl (C=O) groups is 1. The van der Waals surface area contributed by atoms with Crippen LogP contribution in [0.5, 0.6) is 0 Å². The molecule has 2 unspecified atom stereocenters. The van der Waals surface area contributed by atoms with E-state index in [0.29, 0.717) is 13.0 Å². The summed E-state index contributed by atoms with van der Waals surface area (Å²) in [7, 11) is 0. The van der Waals surface area contributed by atoms with Gasteiger partial charge in [0.2, 0.25) is 5.91 Å². The van der Waals surface area contributed by atoms with E-state index in [2.05, 4.69) is 10.2 Å². The Hall–Kier alpha value is -0.610. The topological polar surface area (TPSA) is 52.6 Å². The molecule has 4 heteroatoms. The van der Waals surface area contributed by atoms with Crippen LogP contribution in [0.3, 0.4) is 0 Å². The van der Waals surface area contributed by atoms with E-state index in [1.807, 2.05) is 6.92 Å². The number of amides is 1. The molecule has 0 aromatic heterocycles. The number of hydrogen-bond donors (Lipinski definition) is 2. The first-order chi connectivity index (χ1) is 8.11. The number of rotatable bonds is 5. The van der Waals surface area contributed by atoms with E-state index in [0.717, 1.165) is 13.1 Å². The second-order valence-electron chi connectivity index (χ2n) is 5.05. The molecule has 1 rings (SSSR count). The molecule has 1 fully saturated rings. The van der Waals surface area contributed by atoms with Crippen molar-refractivity contribution >= 4 is 5.91 Å². The highest BCUT2D eigenvalue weighted by Crippen LogP contribution is 2.12. The van der Waals surface area contributed by atoms with Crippen molar-refractivity contribution in [1.29, 1.82) is 0 Å². The first kappa shape index (κ1) is 14.5. The quantitative estimate of drug-likeness (QED) is 0.760. The largest absolute Gasteiger partial charge is 0.393 e. The number of aliphatic hydroxyl groups excluding tert-OH is 1. The van der Waals surface area contributed by atoms with Gasteiger partial charge in [-0.3, -0.25) is 9.69 Å². The van der Waals surface area contributed by atoms with Crippen LogP contribution in [0.4, 0.5) is 0 Å². The van der Waals surface area contributed by atoms with Gasteiger partial charge < -0.3 is 10.4 Å². The van der Waals surface area contributed by atoms with Gasteiger partial charge in [0.15, 0.2) is 0 Å². The first-order valence-electron chi connectivity index (χ1n) is 6.81. The molecule has 4 nitrogen and oxygen atoms in total. The van der Waals surface area contributed by atoms with Gasteiger partial charge in [-0.1, -0.05) is 12.8 Å². The van der Waals surface area contributed by atoms with Crippen molar-refractivity contribution in [2.24, 2.45) is 0 Å². The second kappa shape index (κ2) is 7.67. The van der Waals surface area contributed by atoms with E-state index in [9.17, 15) is 4.79 Å². The van der Waals surface area contributed by atoms with Crippen molar-refractivity contribution in [3.05, 3.63) is 0 Å². The van der Waals surface area contributed by atoms with Gasteiger partial charge in [-0.05, 0) is 46.2 Å². The summed E-state index contributed by atoms with van der Waals surface area (Å²) in [5, 5.41) is 12.0. The van der Waals surface area contributed by atoms with Crippen LogP contribution in [0.2, 0.25) is 0 Å². The minimum absolute atomic E-state index is 0.0397. The van der Waals surface area contributed by atoms with Crippen molar-refractivity contribution in [1.82, 2.24) is 10.2 Å². The highest BCUT2D eigenvalue weighted by Gasteiger charge is 2.21. The second-order valence-corrected chi connectivity index (χ2v) is 5.05. The Morgan fingerprint density at radius 2 is 1.82 bits per heavy atom.